The van der Waals surface area contributed by atoms with Gasteiger partial charge in [-0.25, -0.2) is 0 Å². The molecule has 0 aliphatic heterocycles. The van der Waals surface area contributed by atoms with E-state index in [0.29, 0.717) is 0 Å². The van der Waals surface area contributed by atoms with Crippen LogP contribution in [-0.4, -0.2) is 35.5 Å². The summed E-state index contributed by atoms with van der Waals surface area (Å²) in [6.07, 6.45) is 4.96. The number of rotatable bonds is 5. The largest absolute Gasteiger partial charge is 0.481 e. The summed E-state index contributed by atoms with van der Waals surface area (Å²) in [5.74, 6) is -0.799. The third-order valence-electron chi connectivity index (χ3n) is 4.69. The molecule has 4 nitrogen and oxygen atoms in total. The standard InChI is InChI=1S/C18H25NO3/c1-14-7-6-8-15(13-14)18(10-4-3-5-11-18)17(22)19(2)12-9-16(20)21/h6-8,13H,3-5,9-12H2,1-2H3,(H,20,21). The summed E-state index contributed by atoms with van der Waals surface area (Å²) >= 11 is 0. The second kappa shape index (κ2) is 6.95. The zero-order chi connectivity index (χ0) is 16.2. The highest BCUT2D eigenvalue weighted by Gasteiger charge is 2.42. The number of carboxylic acids is 1. The van der Waals surface area contributed by atoms with Crippen molar-refractivity contribution < 1.29 is 14.7 Å². The lowest BCUT2D eigenvalue weighted by Gasteiger charge is -2.39. The Labute approximate surface area is 132 Å². The average molecular weight is 303 g/mol. The number of benzene rings is 1. The highest BCUT2D eigenvalue weighted by molar-refractivity contribution is 5.88. The molecule has 0 radical (unpaired) electrons. The summed E-state index contributed by atoms with van der Waals surface area (Å²) < 4.78 is 0. The molecule has 4 heteroatoms. The van der Waals surface area contributed by atoms with Crippen molar-refractivity contribution in [1.29, 1.82) is 0 Å². The number of hydrogen-bond acceptors (Lipinski definition) is 2. The number of hydrogen-bond donors (Lipinski definition) is 1. The maximum Gasteiger partial charge on any atom is 0.305 e. The lowest BCUT2D eigenvalue weighted by Crippen LogP contribution is -2.47. The fourth-order valence-corrected chi connectivity index (χ4v) is 3.45. The van der Waals surface area contributed by atoms with Crippen LogP contribution in [0.15, 0.2) is 24.3 Å². The number of nitrogens with zero attached hydrogens (tertiary/aromatic N) is 1. The summed E-state index contributed by atoms with van der Waals surface area (Å²) in [4.78, 5) is 25.4. The van der Waals surface area contributed by atoms with Crippen LogP contribution in [0, 0.1) is 6.92 Å². The molecular formula is C18H25NO3. The molecule has 1 aromatic rings. The van der Waals surface area contributed by atoms with Crippen molar-refractivity contribution in [2.24, 2.45) is 0 Å². The predicted molar refractivity (Wildman–Crippen MR) is 85.8 cm³/mol. The van der Waals surface area contributed by atoms with Gasteiger partial charge in [0, 0.05) is 13.6 Å². The SMILES string of the molecule is Cc1cccc(C2(C(=O)N(C)CCC(=O)O)CCCCC2)c1. The van der Waals surface area contributed by atoms with E-state index in [1.54, 1.807) is 11.9 Å². The van der Waals surface area contributed by atoms with Gasteiger partial charge in [-0.2, -0.15) is 0 Å². The van der Waals surface area contributed by atoms with Crippen LogP contribution in [0.4, 0.5) is 0 Å². The Hall–Kier alpha value is -1.84. The van der Waals surface area contributed by atoms with Gasteiger partial charge < -0.3 is 10.0 Å². The van der Waals surface area contributed by atoms with E-state index in [1.165, 1.54) is 6.42 Å². The van der Waals surface area contributed by atoms with Gasteiger partial charge >= 0.3 is 5.97 Å². The molecule has 0 heterocycles. The highest BCUT2D eigenvalue weighted by Crippen LogP contribution is 2.41. The zero-order valence-corrected chi connectivity index (χ0v) is 13.5. The van der Waals surface area contributed by atoms with Gasteiger partial charge in [-0.15, -0.1) is 0 Å². The lowest BCUT2D eigenvalue weighted by atomic mass is 9.68. The Balaban J connectivity index is 2.29. The average Bonchev–Trinajstić information content (AvgIpc) is 2.52. The Morgan fingerprint density at radius 1 is 1.23 bits per heavy atom. The lowest BCUT2D eigenvalue weighted by molar-refractivity contribution is -0.140. The van der Waals surface area contributed by atoms with E-state index in [0.717, 1.165) is 36.8 Å². The molecule has 0 aromatic heterocycles. The van der Waals surface area contributed by atoms with E-state index in [4.69, 9.17) is 5.11 Å². The van der Waals surface area contributed by atoms with Crippen molar-refractivity contribution in [3.63, 3.8) is 0 Å². The van der Waals surface area contributed by atoms with Crippen molar-refractivity contribution in [3.8, 4) is 0 Å². The van der Waals surface area contributed by atoms with Gasteiger partial charge in [0.25, 0.3) is 0 Å². The first-order valence-corrected chi connectivity index (χ1v) is 8.00. The van der Waals surface area contributed by atoms with Crippen molar-refractivity contribution in [2.45, 2.75) is 50.9 Å². The fourth-order valence-electron chi connectivity index (χ4n) is 3.45. The maximum atomic E-state index is 13.1. The number of aliphatic carboxylic acids is 1. The molecule has 1 aliphatic carbocycles. The van der Waals surface area contributed by atoms with E-state index in [-0.39, 0.29) is 18.9 Å². The van der Waals surface area contributed by atoms with Gasteiger partial charge in [0.15, 0.2) is 0 Å². The quantitative estimate of drug-likeness (QED) is 0.909. The van der Waals surface area contributed by atoms with Crippen LogP contribution in [0.3, 0.4) is 0 Å². The molecule has 2 rings (SSSR count). The van der Waals surface area contributed by atoms with Crippen LogP contribution in [0.25, 0.3) is 0 Å². The molecule has 1 amide bonds. The molecule has 1 N–H and O–H groups in total. The zero-order valence-electron chi connectivity index (χ0n) is 13.5. The van der Waals surface area contributed by atoms with Crippen LogP contribution >= 0.6 is 0 Å². The summed E-state index contributed by atoms with van der Waals surface area (Å²) in [6, 6.07) is 8.19. The Morgan fingerprint density at radius 2 is 1.91 bits per heavy atom. The van der Waals surface area contributed by atoms with Gasteiger partial charge in [-0.1, -0.05) is 49.1 Å². The second-order valence-electron chi connectivity index (χ2n) is 6.38. The Bertz CT molecular complexity index is 547. The minimum absolute atomic E-state index is 0.00780. The van der Waals surface area contributed by atoms with E-state index in [9.17, 15) is 9.59 Å². The van der Waals surface area contributed by atoms with E-state index in [1.807, 2.05) is 25.1 Å². The third-order valence-corrected chi connectivity index (χ3v) is 4.69. The molecule has 0 bridgehead atoms. The highest BCUT2D eigenvalue weighted by atomic mass is 16.4. The van der Waals surface area contributed by atoms with Crippen molar-refractivity contribution in [3.05, 3.63) is 35.4 Å². The topological polar surface area (TPSA) is 57.6 Å². The van der Waals surface area contributed by atoms with Gasteiger partial charge in [0.2, 0.25) is 5.91 Å². The van der Waals surface area contributed by atoms with Gasteiger partial charge in [0.05, 0.1) is 11.8 Å². The van der Waals surface area contributed by atoms with E-state index < -0.39 is 11.4 Å². The van der Waals surface area contributed by atoms with Crippen LogP contribution in [0.2, 0.25) is 0 Å². The molecule has 0 unspecified atom stereocenters. The third kappa shape index (κ3) is 3.49. The van der Waals surface area contributed by atoms with E-state index in [2.05, 4.69) is 6.07 Å². The molecule has 0 spiro atoms. The number of aryl methyl sites for hydroxylation is 1. The first-order chi connectivity index (χ1) is 10.5. The molecule has 0 saturated heterocycles. The number of carboxylic acid groups (broad SMARTS) is 1. The van der Waals surface area contributed by atoms with Crippen LogP contribution in [0.1, 0.15) is 49.7 Å². The van der Waals surface area contributed by atoms with Gasteiger partial charge in [-0.3, -0.25) is 9.59 Å². The second-order valence-corrected chi connectivity index (χ2v) is 6.38. The fraction of sp³-hybridized carbons (Fsp3) is 0.556. The molecule has 1 aromatic carbocycles. The predicted octanol–water partition coefficient (Wildman–Crippen LogP) is 3.13. The summed E-state index contributed by atoms with van der Waals surface area (Å²) in [5.41, 5.74) is 1.76. The molecule has 1 saturated carbocycles. The summed E-state index contributed by atoms with van der Waals surface area (Å²) in [6.45, 7) is 2.31. The van der Waals surface area contributed by atoms with Crippen molar-refractivity contribution >= 4 is 11.9 Å². The molecule has 0 atom stereocenters. The number of carbonyl (C=O) groups is 2. The Kier molecular flexibility index (Phi) is 5.22. The van der Waals surface area contributed by atoms with Crippen LogP contribution in [-0.2, 0) is 15.0 Å². The van der Waals surface area contributed by atoms with Crippen molar-refractivity contribution in [2.75, 3.05) is 13.6 Å². The van der Waals surface area contributed by atoms with Crippen LogP contribution in [0.5, 0.6) is 0 Å². The van der Waals surface area contributed by atoms with Crippen molar-refractivity contribution in [1.82, 2.24) is 4.90 Å². The number of likely N-dealkylation sites (N-methyl/N-ethyl adjacent to an activating group) is 1. The molecule has 22 heavy (non-hydrogen) atoms. The minimum atomic E-state index is -0.868. The smallest absolute Gasteiger partial charge is 0.305 e. The van der Waals surface area contributed by atoms with Gasteiger partial charge in [-0.05, 0) is 25.3 Å². The minimum Gasteiger partial charge on any atom is -0.481 e. The molecule has 1 aliphatic rings. The molecule has 120 valence electrons. The molecular weight excluding hydrogens is 278 g/mol. The number of carbonyl (C=O) groups excluding carboxylic acids is 1. The Morgan fingerprint density at radius 3 is 2.50 bits per heavy atom. The summed E-state index contributed by atoms with van der Waals surface area (Å²) in [7, 11) is 1.72. The van der Waals surface area contributed by atoms with E-state index >= 15 is 0 Å². The maximum absolute atomic E-state index is 13.1. The first kappa shape index (κ1) is 16.5. The van der Waals surface area contributed by atoms with Crippen LogP contribution < -0.4 is 0 Å². The number of amides is 1. The monoisotopic (exact) mass is 303 g/mol. The molecule has 1 fully saturated rings. The van der Waals surface area contributed by atoms with Gasteiger partial charge in [0.1, 0.15) is 0 Å². The summed E-state index contributed by atoms with van der Waals surface area (Å²) in [5, 5.41) is 8.83. The first-order valence-electron chi connectivity index (χ1n) is 8.00. The normalized spacial score (nSPS) is 17.0.